The molecule has 1 saturated heterocycles. The van der Waals surface area contributed by atoms with Crippen LogP contribution in [0.15, 0.2) is 57.8 Å². The van der Waals surface area contributed by atoms with Gasteiger partial charge in [-0.25, -0.2) is 8.42 Å². The summed E-state index contributed by atoms with van der Waals surface area (Å²) in [5.74, 6) is 0.0995. The van der Waals surface area contributed by atoms with Crippen LogP contribution in [-0.4, -0.2) is 46.8 Å². The number of carbonyl (C=O) groups is 1. The van der Waals surface area contributed by atoms with Crippen LogP contribution in [0.4, 0.5) is 11.7 Å². The minimum absolute atomic E-state index is 0.0773. The van der Waals surface area contributed by atoms with E-state index in [4.69, 9.17) is 4.42 Å². The number of rotatable bonds is 6. The maximum atomic E-state index is 13.0. The second-order valence-corrected chi connectivity index (χ2v) is 10.4. The van der Waals surface area contributed by atoms with Gasteiger partial charge in [-0.15, -0.1) is 5.10 Å². The largest absolute Gasteiger partial charge is 0.403 e. The van der Waals surface area contributed by atoms with Gasteiger partial charge in [0, 0.05) is 36.3 Å². The lowest BCUT2D eigenvalue weighted by Gasteiger charge is -2.34. The molecule has 1 amide bonds. The molecule has 1 aliphatic heterocycles. The first-order valence-electron chi connectivity index (χ1n) is 10.6. The zero-order valence-corrected chi connectivity index (χ0v) is 19.4. The van der Waals surface area contributed by atoms with Gasteiger partial charge in [-0.2, -0.15) is 4.31 Å². The Bertz CT molecular complexity index is 1290. The number of non-ortho nitro benzene ring substituents is 1. The van der Waals surface area contributed by atoms with Crippen LogP contribution in [0.25, 0.3) is 11.5 Å². The van der Waals surface area contributed by atoms with Gasteiger partial charge in [0.25, 0.3) is 11.6 Å². The van der Waals surface area contributed by atoms with E-state index in [0.717, 1.165) is 6.42 Å². The van der Waals surface area contributed by atoms with Crippen LogP contribution in [-0.2, 0) is 10.0 Å². The van der Waals surface area contributed by atoms with Gasteiger partial charge < -0.3 is 4.42 Å². The van der Waals surface area contributed by atoms with Crippen molar-refractivity contribution in [1.29, 1.82) is 0 Å². The third-order valence-corrected chi connectivity index (χ3v) is 7.41. The van der Waals surface area contributed by atoms with Gasteiger partial charge in [0.2, 0.25) is 15.9 Å². The minimum atomic E-state index is -3.65. The Labute approximate surface area is 196 Å². The third-order valence-electron chi connectivity index (χ3n) is 5.56. The Morgan fingerprint density at radius 2 is 1.68 bits per heavy atom. The fraction of sp³-hybridized carbons (Fsp3) is 0.318. The molecular formula is C22H23N5O6S. The molecule has 1 fully saturated rings. The monoisotopic (exact) mass is 485 g/mol. The number of amides is 1. The third kappa shape index (κ3) is 4.97. The maximum absolute atomic E-state index is 13.0. The van der Waals surface area contributed by atoms with Crippen LogP contribution in [0.1, 0.15) is 30.6 Å². The van der Waals surface area contributed by atoms with Gasteiger partial charge in [0.1, 0.15) is 0 Å². The van der Waals surface area contributed by atoms with Crippen molar-refractivity contribution in [2.24, 2.45) is 11.8 Å². The van der Waals surface area contributed by atoms with Gasteiger partial charge in [-0.05, 0) is 54.7 Å². The molecule has 12 heteroatoms. The summed E-state index contributed by atoms with van der Waals surface area (Å²) in [6.45, 7) is 5.03. The normalized spacial score (nSPS) is 19.0. The van der Waals surface area contributed by atoms with Gasteiger partial charge in [0.15, 0.2) is 0 Å². The van der Waals surface area contributed by atoms with E-state index >= 15 is 0 Å². The van der Waals surface area contributed by atoms with Gasteiger partial charge >= 0.3 is 6.01 Å². The van der Waals surface area contributed by atoms with E-state index < -0.39 is 20.9 Å². The Balaban J connectivity index is 1.44. The van der Waals surface area contributed by atoms with Crippen molar-refractivity contribution in [3.8, 4) is 11.5 Å². The molecule has 0 aliphatic carbocycles. The molecule has 0 unspecified atom stereocenters. The zero-order chi connectivity index (χ0) is 24.5. The minimum Gasteiger partial charge on any atom is -0.403 e. The van der Waals surface area contributed by atoms with Crippen LogP contribution in [0.5, 0.6) is 0 Å². The molecule has 11 nitrogen and oxygen atoms in total. The molecule has 0 radical (unpaired) electrons. The van der Waals surface area contributed by atoms with Gasteiger partial charge in [-0.3, -0.25) is 20.2 Å². The highest BCUT2D eigenvalue weighted by atomic mass is 32.2. The molecule has 2 heterocycles. The lowest BCUT2D eigenvalue weighted by molar-refractivity contribution is -0.384. The second kappa shape index (κ2) is 9.31. The highest BCUT2D eigenvalue weighted by molar-refractivity contribution is 7.89. The Kier molecular flexibility index (Phi) is 6.44. The Hall–Kier alpha value is -3.64. The molecule has 0 bridgehead atoms. The summed E-state index contributed by atoms with van der Waals surface area (Å²) in [6.07, 6.45) is 0.993. The number of anilines is 1. The summed E-state index contributed by atoms with van der Waals surface area (Å²) < 4.78 is 32.9. The van der Waals surface area contributed by atoms with Crippen molar-refractivity contribution in [2.75, 3.05) is 18.4 Å². The fourth-order valence-corrected chi connectivity index (χ4v) is 5.69. The molecule has 178 valence electrons. The Morgan fingerprint density at radius 3 is 2.26 bits per heavy atom. The molecule has 1 aliphatic rings. The number of hydrogen-bond donors (Lipinski definition) is 1. The van der Waals surface area contributed by atoms with E-state index in [9.17, 15) is 23.3 Å². The number of aromatic nitrogens is 2. The van der Waals surface area contributed by atoms with E-state index in [2.05, 4.69) is 15.5 Å². The average Bonchev–Trinajstić information content (AvgIpc) is 3.27. The summed E-state index contributed by atoms with van der Waals surface area (Å²) in [6, 6.07) is 11.0. The van der Waals surface area contributed by atoms with Gasteiger partial charge in [-0.1, -0.05) is 18.9 Å². The first kappa shape index (κ1) is 23.5. The maximum Gasteiger partial charge on any atom is 0.322 e. The molecule has 2 atom stereocenters. The number of carbonyl (C=O) groups excluding carboxylic acids is 1. The number of hydrogen-bond acceptors (Lipinski definition) is 8. The average molecular weight is 486 g/mol. The number of nitrogens with zero attached hydrogens (tertiary/aromatic N) is 4. The zero-order valence-electron chi connectivity index (χ0n) is 18.5. The summed E-state index contributed by atoms with van der Waals surface area (Å²) in [5.41, 5.74) is 0.593. The smallest absolute Gasteiger partial charge is 0.322 e. The molecule has 0 saturated carbocycles. The standard InChI is InChI=1S/C22H23N5O6S/c1-14-11-15(2)13-26(12-14)34(31,32)19-9-5-16(6-10-19)20(28)23-22-25-24-21(33-22)17-3-7-18(8-4-17)27(29)30/h3-10,14-15H,11-13H2,1-2H3,(H,23,25,28)/t14-,15+. The number of nitrogens with one attached hydrogen (secondary N) is 1. The number of nitro groups is 1. The van der Waals surface area contributed by atoms with E-state index in [-0.39, 0.29) is 39.9 Å². The topological polar surface area (TPSA) is 149 Å². The van der Waals surface area contributed by atoms with Crippen molar-refractivity contribution < 1.29 is 22.6 Å². The van der Waals surface area contributed by atoms with Gasteiger partial charge in [0.05, 0.1) is 9.82 Å². The van der Waals surface area contributed by atoms with E-state index in [0.29, 0.717) is 18.7 Å². The van der Waals surface area contributed by atoms with Crippen LogP contribution in [0, 0.1) is 22.0 Å². The fourth-order valence-electron chi connectivity index (χ4n) is 4.01. The highest BCUT2D eigenvalue weighted by Crippen LogP contribution is 2.27. The first-order valence-corrected chi connectivity index (χ1v) is 12.1. The number of sulfonamides is 1. The number of nitro benzene ring substituents is 1. The predicted octanol–water partition coefficient (Wildman–Crippen LogP) is 3.56. The molecule has 34 heavy (non-hydrogen) atoms. The number of piperidine rings is 1. The Morgan fingerprint density at radius 1 is 1.06 bits per heavy atom. The van der Waals surface area contributed by atoms with E-state index in [1.807, 2.05) is 13.8 Å². The lowest BCUT2D eigenvalue weighted by atomic mass is 9.94. The van der Waals surface area contributed by atoms with Crippen molar-refractivity contribution in [3.63, 3.8) is 0 Å². The summed E-state index contributed by atoms with van der Waals surface area (Å²) in [7, 11) is -3.65. The number of benzene rings is 2. The second-order valence-electron chi connectivity index (χ2n) is 8.46. The van der Waals surface area contributed by atoms with E-state index in [1.54, 1.807) is 0 Å². The SMILES string of the molecule is C[C@@H]1C[C@H](C)CN(S(=O)(=O)c2ccc(C(=O)Nc3nnc(-c4ccc([N+](=O)[O-])cc4)o3)cc2)C1. The molecule has 3 aromatic rings. The summed E-state index contributed by atoms with van der Waals surface area (Å²) >= 11 is 0. The van der Waals surface area contributed by atoms with Crippen molar-refractivity contribution in [3.05, 3.63) is 64.2 Å². The summed E-state index contributed by atoms with van der Waals surface area (Å²) in [4.78, 5) is 22.9. The van der Waals surface area contributed by atoms with Crippen molar-refractivity contribution in [1.82, 2.24) is 14.5 Å². The molecule has 1 aromatic heterocycles. The van der Waals surface area contributed by atoms with Crippen LogP contribution in [0.2, 0.25) is 0 Å². The van der Waals surface area contributed by atoms with Crippen molar-refractivity contribution in [2.45, 2.75) is 25.2 Å². The quantitative estimate of drug-likeness (QED) is 0.411. The van der Waals surface area contributed by atoms with E-state index in [1.165, 1.54) is 52.8 Å². The predicted molar refractivity (Wildman–Crippen MR) is 122 cm³/mol. The molecule has 4 rings (SSSR count). The van der Waals surface area contributed by atoms with Crippen LogP contribution in [0.3, 0.4) is 0 Å². The van der Waals surface area contributed by atoms with Crippen LogP contribution >= 0.6 is 0 Å². The lowest BCUT2D eigenvalue weighted by Crippen LogP contribution is -2.42. The summed E-state index contributed by atoms with van der Waals surface area (Å²) in [5, 5.41) is 20.8. The van der Waals surface area contributed by atoms with Crippen LogP contribution < -0.4 is 5.32 Å². The molecular weight excluding hydrogens is 462 g/mol. The molecule has 0 spiro atoms. The first-order chi connectivity index (χ1) is 16.1. The highest BCUT2D eigenvalue weighted by Gasteiger charge is 2.31. The van der Waals surface area contributed by atoms with Crippen molar-refractivity contribution >= 4 is 27.6 Å². The molecule has 2 aromatic carbocycles. The molecule has 1 N–H and O–H groups in total.